The van der Waals surface area contributed by atoms with Crippen molar-refractivity contribution < 1.29 is 13.6 Å². The van der Waals surface area contributed by atoms with Gasteiger partial charge in [-0.15, -0.1) is 22.0 Å². The van der Waals surface area contributed by atoms with Crippen LogP contribution >= 0.6 is 23.4 Å². The number of likely N-dealkylation sites (N-methyl/N-ethyl adjacent to an activating group) is 1. The van der Waals surface area contributed by atoms with Crippen LogP contribution in [0.3, 0.4) is 0 Å². The van der Waals surface area contributed by atoms with Gasteiger partial charge < -0.3 is 20.0 Å². The third-order valence-electron chi connectivity index (χ3n) is 9.27. The van der Waals surface area contributed by atoms with Crippen molar-refractivity contribution in [2.24, 2.45) is 5.92 Å². The van der Waals surface area contributed by atoms with Crippen molar-refractivity contribution in [3.05, 3.63) is 47.5 Å². The Morgan fingerprint density at radius 1 is 1.09 bits per heavy atom. The number of carbonyl (C=O) groups is 1. The summed E-state index contributed by atoms with van der Waals surface area (Å²) >= 11 is 7.66. The molecule has 2 N–H and O–H groups in total. The third kappa shape index (κ3) is 8.61. The second-order valence-corrected chi connectivity index (χ2v) is 19.9. The van der Waals surface area contributed by atoms with Crippen LogP contribution in [0.1, 0.15) is 33.6 Å². The molecule has 3 heterocycles. The van der Waals surface area contributed by atoms with Gasteiger partial charge in [0.05, 0.1) is 11.4 Å². The Morgan fingerprint density at radius 2 is 1.80 bits per heavy atom. The number of anilines is 3. The average molecular weight is 687 g/mol. The van der Waals surface area contributed by atoms with Crippen molar-refractivity contribution in [3.63, 3.8) is 0 Å². The summed E-state index contributed by atoms with van der Waals surface area (Å²) in [7, 11) is 0.248. The van der Waals surface area contributed by atoms with E-state index in [0.717, 1.165) is 39.0 Å². The highest BCUT2D eigenvalue weighted by atomic mass is 35.5. The summed E-state index contributed by atoms with van der Waals surface area (Å²) in [6.07, 6.45) is 3.12. The van der Waals surface area contributed by atoms with E-state index in [2.05, 4.69) is 81.5 Å². The number of hydrogen-bond acceptors (Lipinski definition) is 10. The molecule has 1 saturated carbocycles. The minimum atomic E-state index is -1.90. The van der Waals surface area contributed by atoms with Crippen LogP contribution in [0, 0.1) is 11.7 Å². The molecule has 1 aliphatic carbocycles. The fourth-order valence-electron chi connectivity index (χ4n) is 5.20. The SMILES string of the molecule is CN1CCN(C2CC(C(=O)Nc3cc(Nc4cc(-c5cc(Cl)ccc5F)nnc4SCCO[Si](C)(C)C(C)(C)C)ncn3)C2)CC1. The lowest BCUT2D eigenvalue weighted by Gasteiger charge is -2.45. The number of piperazine rings is 1. The van der Waals surface area contributed by atoms with Gasteiger partial charge in [-0.2, -0.15) is 0 Å². The Kier molecular flexibility index (Phi) is 11.0. The van der Waals surface area contributed by atoms with Crippen LogP contribution in [0.5, 0.6) is 0 Å². The Bertz CT molecular complexity index is 1530. The first kappa shape index (κ1) is 34.6. The van der Waals surface area contributed by atoms with Gasteiger partial charge in [0, 0.05) is 67.2 Å². The van der Waals surface area contributed by atoms with E-state index in [0.29, 0.717) is 51.5 Å². The van der Waals surface area contributed by atoms with Gasteiger partial charge in [0.25, 0.3) is 0 Å². The Balaban J connectivity index is 1.27. The summed E-state index contributed by atoms with van der Waals surface area (Å²) in [5, 5.41) is 16.1. The van der Waals surface area contributed by atoms with Crippen LogP contribution in [0.25, 0.3) is 11.3 Å². The van der Waals surface area contributed by atoms with Crippen LogP contribution in [0.2, 0.25) is 23.2 Å². The molecule has 1 saturated heterocycles. The topological polar surface area (TPSA) is 108 Å². The van der Waals surface area contributed by atoms with Crippen LogP contribution in [-0.4, -0.2) is 95.8 Å². The molecular formula is C32H44ClFN8O2SSi. The maximum absolute atomic E-state index is 14.8. The van der Waals surface area contributed by atoms with E-state index < -0.39 is 14.1 Å². The molecule has 1 amide bonds. The molecule has 14 heteroatoms. The van der Waals surface area contributed by atoms with Crippen LogP contribution in [-0.2, 0) is 9.22 Å². The fourth-order valence-corrected chi connectivity index (χ4v) is 7.29. The molecule has 10 nitrogen and oxygen atoms in total. The number of nitrogens with zero attached hydrogens (tertiary/aromatic N) is 6. The Hall–Kier alpha value is -2.68. The average Bonchev–Trinajstić information content (AvgIpc) is 2.97. The first-order valence-electron chi connectivity index (χ1n) is 15.7. The first-order valence-corrected chi connectivity index (χ1v) is 20.0. The molecule has 2 aromatic heterocycles. The van der Waals surface area contributed by atoms with E-state index in [9.17, 15) is 9.18 Å². The maximum Gasteiger partial charge on any atom is 0.228 e. The summed E-state index contributed by atoms with van der Waals surface area (Å²) < 4.78 is 21.1. The predicted octanol–water partition coefficient (Wildman–Crippen LogP) is 6.55. The molecule has 0 bridgehead atoms. The molecule has 248 valence electrons. The molecule has 0 spiro atoms. The number of amides is 1. The number of hydrogen-bond donors (Lipinski definition) is 2. The first-order chi connectivity index (χ1) is 21.8. The zero-order valence-electron chi connectivity index (χ0n) is 27.4. The number of carbonyl (C=O) groups excluding carboxylic acids is 1. The normalized spacial score (nSPS) is 19.5. The second-order valence-electron chi connectivity index (χ2n) is 13.6. The van der Waals surface area contributed by atoms with E-state index >= 15 is 0 Å². The zero-order chi connectivity index (χ0) is 33.1. The molecule has 0 unspecified atom stereocenters. The summed E-state index contributed by atoms with van der Waals surface area (Å²) in [6.45, 7) is 15.9. The van der Waals surface area contributed by atoms with Gasteiger partial charge in [-0.05, 0) is 62.3 Å². The zero-order valence-corrected chi connectivity index (χ0v) is 30.0. The monoisotopic (exact) mass is 686 g/mol. The highest BCUT2D eigenvalue weighted by Gasteiger charge is 2.39. The van der Waals surface area contributed by atoms with Crippen LogP contribution in [0.4, 0.5) is 21.7 Å². The Morgan fingerprint density at radius 3 is 2.52 bits per heavy atom. The van der Waals surface area contributed by atoms with Crippen molar-refractivity contribution in [1.82, 2.24) is 30.0 Å². The van der Waals surface area contributed by atoms with E-state index in [1.165, 1.54) is 36.3 Å². The standard InChI is InChI=1S/C32H44ClFN8O2SSi/c1-32(2,3)46(5,6)44-13-14-45-31-27(18-26(39-40-31)24-17-22(33)7-8-25(24)34)37-28-19-29(36-20-35-28)38-30(43)21-15-23(16-21)42-11-9-41(4)10-12-42/h7-8,17-21,23H,9-16H2,1-6H3,(H2,35,36,37,38,39,43). The number of halogens is 2. The van der Waals surface area contributed by atoms with Gasteiger partial charge in [0.2, 0.25) is 5.91 Å². The smallest absolute Gasteiger partial charge is 0.228 e. The summed E-state index contributed by atoms with van der Waals surface area (Å²) in [4.78, 5) is 26.5. The lowest BCUT2D eigenvalue weighted by molar-refractivity contribution is -0.124. The number of nitrogens with one attached hydrogen (secondary N) is 2. The highest BCUT2D eigenvalue weighted by Crippen LogP contribution is 2.38. The number of aromatic nitrogens is 4. The van der Waals surface area contributed by atoms with Crippen molar-refractivity contribution >= 4 is 54.9 Å². The largest absolute Gasteiger partial charge is 0.416 e. The lowest BCUT2D eigenvalue weighted by atomic mass is 9.78. The highest BCUT2D eigenvalue weighted by molar-refractivity contribution is 7.99. The van der Waals surface area contributed by atoms with Gasteiger partial charge in [-0.25, -0.2) is 14.4 Å². The number of thioether (sulfide) groups is 1. The minimum absolute atomic E-state index is 0.0303. The quantitative estimate of drug-likeness (QED) is 0.131. The Labute approximate surface area is 281 Å². The van der Waals surface area contributed by atoms with Crippen molar-refractivity contribution in [1.29, 1.82) is 0 Å². The lowest BCUT2D eigenvalue weighted by Crippen LogP contribution is -2.54. The fraction of sp³-hybridized carbons (Fsp3) is 0.531. The summed E-state index contributed by atoms with van der Waals surface area (Å²) in [6, 6.07) is 8.20. The molecule has 0 atom stereocenters. The van der Waals surface area contributed by atoms with Gasteiger partial charge in [0.15, 0.2) is 8.32 Å². The summed E-state index contributed by atoms with van der Waals surface area (Å²) in [5.41, 5.74) is 1.16. The number of benzene rings is 1. The van der Waals surface area contributed by atoms with Gasteiger partial charge >= 0.3 is 0 Å². The molecular weight excluding hydrogens is 643 g/mol. The van der Waals surface area contributed by atoms with E-state index in [1.807, 2.05) is 0 Å². The van der Waals surface area contributed by atoms with E-state index in [4.69, 9.17) is 16.0 Å². The van der Waals surface area contributed by atoms with Crippen molar-refractivity contribution in [2.45, 2.75) is 62.8 Å². The van der Waals surface area contributed by atoms with Gasteiger partial charge in [-0.3, -0.25) is 9.69 Å². The second kappa shape index (κ2) is 14.6. The van der Waals surface area contributed by atoms with Gasteiger partial charge in [-0.1, -0.05) is 32.4 Å². The molecule has 5 rings (SSSR count). The molecule has 3 aromatic rings. The van der Waals surface area contributed by atoms with Crippen molar-refractivity contribution in [3.8, 4) is 11.3 Å². The molecule has 1 aromatic carbocycles. The maximum atomic E-state index is 14.8. The molecule has 46 heavy (non-hydrogen) atoms. The van der Waals surface area contributed by atoms with Gasteiger partial charge in [0.1, 0.15) is 28.8 Å². The summed E-state index contributed by atoms with van der Waals surface area (Å²) in [5.74, 6) is 1.00. The molecule has 2 fully saturated rings. The third-order valence-corrected chi connectivity index (χ3v) is 15.0. The predicted molar refractivity (Wildman–Crippen MR) is 186 cm³/mol. The minimum Gasteiger partial charge on any atom is -0.416 e. The number of rotatable bonds is 11. The molecule has 0 radical (unpaired) electrons. The molecule has 2 aliphatic rings. The van der Waals surface area contributed by atoms with E-state index in [-0.39, 0.29) is 22.4 Å². The molecule has 1 aliphatic heterocycles. The van der Waals surface area contributed by atoms with E-state index in [1.54, 1.807) is 12.1 Å². The van der Waals surface area contributed by atoms with Crippen LogP contribution in [0.15, 0.2) is 41.7 Å². The van der Waals surface area contributed by atoms with Crippen molar-refractivity contribution in [2.75, 3.05) is 56.2 Å². The van der Waals surface area contributed by atoms with Crippen LogP contribution < -0.4 is 10.6 Å².